The Labute approximate surface area is 86.5 Å². The first-order chi connectivity index (χ1) is 6.13. The van der Waals surface area contributed by atoms with Crippen molar-refractivity contribution in [3.05, 3.63) is 21.5 Å². The molecule has 1 aliphatic carbocycles. The van der Waals surface area contributed by atoms with Gasteiger partial charge in [-0.1, -0.05) is 23.2 Å². The number of carbonyl (C=O) groups is 2. The summed E-state index contributed by atoms with van der Waals surface area (Å²) >= 11 is 11.8. The minimum atomic E-state index is -0.546. The summed E-state index contributed by atoms with van der Waals surface area (Å²) in [5.74, 6) is -1.09. The van der Waals surface area contributed by atoms with Crippen molar-refractivity contribution in [1.82, 2.24) is 8.75 Å². The van der Waals surface area contributed by atoms with Crippen LogP contribution in [0, 0.1) is 0 Å². The van der Waals surface area contributed by atoms with E-state index in [4.69, 9.17) is 23.2 Å². The molecule has 0 N–H and O–H groups in total. The minimum absolute atomic E-state index is 0.00981. The zero-order valence-electron chi connectivity index (χ0n) is 5.88. The lowest BCUT2D eigenvalue weighted by Gasteiger charge is -2.06. The number of aromatic nitrogens is 2. The summed E-state index contributed by atoms with van der Waals surface area (Å²) in [6, 6.07) is 0. The lowest BCUT2D eigenvalue weighted by Crippen LogP contribution is -2.17. The molecule has 1 aromatic heterocycles. The van der Waals surface area contributed by atoms with Crippen molar-refractivity contribution < 1.29 is 9.59 Å². The van der Waals surface area contributed by atoms with E-state index in [2.05, 4.69) is 8.75 Å². The van der Waals surface area contributed by atoms with Crippen molar-refractivity contribution in [3.8, 4) is 0 Å². The maximum absolute atomic E-state index is 11.3. The van der Waals surface area contributed by atoms with Gasteiger partial charge in [0, 0.05) is 0 Å². The van der Waals surface area contributed by atoms with Crippen LogP contribution in [0.2, 0.25) is 0 Å². The average molecular weight is 235 g/mol. The molecule has 0 saturated carbocycles. The monoisotopic (exact) mass is 234 g/mol. The molecule has 4 nitrogen and oxygen atoms in total. The fourth-order valence-corrected chi connectivity index (χ4v) is 1.79. The molecule has 1 aromatic rings. The van der Waals surface area contributed by atoms with Crippen LogP contribution in [0.25, 0.3) is 0 Å². The zero-order chi connectivity index (χ0) is 9.59. The first-order valence-electron chi connectivity index (χ1n) is 3.10. The lowest BCUT2D eigenvalue weighted by molar-refractivity contribution is 0.0982. The van der Waals surface area contributed by atoms with E-state index < -0.39 is 11.6 Å². The Kier molecular flexibility index (Phi) is 1.94. The van der Waals surface area contributed by atoms with E-state index in [-0.39, 0.29) is 21.5 Å². The first-order valence-corrected chi connectivity index (χ1v) is 4.58. The molecule has 0 amide bonds. The molecule has 13 heavy (non-hydrogen) atoms. The van der Waals surface area contributed by atoms with E-state index in [9.17, 15) is 9.59 Å². The van der Waals surface area contributed by atoms with E-state index in [1.165, 1.54) is 0 Å². The van der Waals surface area contributed by atoms with Crippen molar-refractivity contribution in [2.75, 3.05) is 0 Å². The summed E-state index contributed by atoms with van der Waals surface area (Å²) in [6.45, 7) is 0. The predicted octanol–water partition coefficient (Wildman–Crippen LogP) is 1.61. The summed E-state index contributed by atoms with van der Waals surface area (Å²) in [5, 5.41) is -0.571. The van der Waals surface area contributed by atoms with Crippen LogP contribution in [-0.4, -0.2) is 20.3 Å². The Morgan fingerprint density at radius 3 is 1.69 bits per heavy atom. The molecule has 0 atom stereocenters. The predicted molar refractivity (Wildman–Crippen MR) is 47.3 cm³/mol. The summed E-state index contributed by atoms with van der Waals surface area (Å²) in [5.41, 5.74) is -0.0196. The van der Waals surface area contributed by atoms with E-state index in [0.29, 0.717) is 0 Å². The average Bonchev–Trinajstić information content (AvgIpc) is 2.59. The number of fused-ring (bicyclic) bond motifs is 1. The third-order valence-corrected chi connectivity index (χ3v) is 2.86. The van der Waals surface area contributed by atoms with Crippen LogP contribution >= 0.6 is 34.9 Å². The molecule has 66 valence electrons. The Morgan fingerprint density at radius 2 is 1.31 bits per heavy atom. The normalized spacial score (nSPS) is 16.5. The SMILES string of the molecule is O=C1C(Cl)=C(Cl)C(=O)c2nsnc21. The number of Topliss-reactive ketones (excluding diaryl/α,β-unsaturated/α-hetero) is 2. The van der Waals surface area contributed by atoms with Gasteiger partial charge in [-0.2, -0.15) is 8.75 Å². The molecular formula is C6Cl2N2O2S. The number of rotatable bonds is 0. The third-order valence-electron chi connectivity index (χ3n) is 1.51. The highest BCUT2D eigenvalue weighted by Crippen LogP contribution is 2.28. The van der Waals surface area contributed by atoms with Gasteiger partial charge in [-0.3, -0.25) is 9.59 Å². The number of carbonyl (C=O) groups excluding carboxylic acids is 2. The van der Waals surface area contributed by atoms with Crippen LogP contribution in [0.4, 0.5) is 0 Å². The van der Waals surface area contributed by atoms with Crippen LogP contribution < -0.4 is 0 Å². The Morgan fingerprint density at radius 1 is 0.923 bits per heavy atom. The number of allylic oxidation sites excluding steroid dienone is 2. The van der Waals surface area contributed by atoms with Gasteiger partial charge in [-0.15, -0.1) is 0 Å². The van der Waals surface area contributed by atoms with Gasteiger partial charge < -0.3 is 0 Å². The number of halogens is 2. The van der Waals surface area contributed by atoms with Gasteiger partial charge in [0.1, 0.15) is 10.1 Å². The fourth-order valence-electron chi connectivity index (χ4n) is 0.894. The van der Waals surface area contributed by atoms with Crippen LogP contribution in [0.3, 0.4) is 0 Å². The van der Waals surface area contributed by atoms with E-state index >= 15 is 0 Å². The number of ketones is 2. The molecule has 0 aliphatic heterocycles. The Bertz CT molecular complexity index is 413. The highest BCUT2D eigenvalue weighted by Gasteiger charge is 2.34. The molecule has 0 radical (unpaired) electrons. The molecule has 0 unspecified atom stereocenters. The second kappa shape index (κ2) is 2.87. The highest BCUT2D eigenvalue weighted by molar-refractivity contribution is 6.99. The van der Waals surface area contributed by atoms with Crippen molar-refractivity contribution in [1.29, 1.82) is 0 Å². The summed E-state index contributed by atoms with van der Waals surface area (Å²) in [4.78, 5) is 22.6. The molecule has 1 heterocycles. The number of hydrogen-bond acceptors (Lipinski definition) is 5. The molecule has 0 aromatic carbocycles. The van der Waals surface area contributed by atoms with Gasteiger partial charge in [0.05, 0.1) is 11.7 Å². The molecule has 0 spiro atoms. The maximum Gasteiger partial charge on any atom is 0.227 e. The van der Waals surface area contributed by atoms with Gasteiger partial charge in [-0.05, 0) is 0 Å². The van der Waals surface area contributed by atoms with Crippen molar-refractivity contribution in [3.63, 3.8) is 0 Å². The van der Waals surface area contributed by atoms with Gasteiger partial charge in [-0.25, -0.2) is 0 Å². The summed E-state index contributed by atoms with van der Waals surface area (Å²) in [6.07, 6.45) is 0. The Balaban J connectivity index is 2.71. The van der Waals surface area contributed by atoms with Crippen LogP contribution in [0.15, 0.2) is 10.1 Å². The largest absolute Gasteiger partial charge is 0.286 e. The molecule has 0 saturated heterocycles. The van der Waals surface area contributed by atoms with Gasteiger partial charge in [0.2, 0.25) is 11.6 Å². The highest BCUT2D eigenvalue weighted by atomic mass is 35.5. The van der Waals surface area contributed by atoms with Crippen molar-refractivity contribution in [2.24, 2.45) is 0 Å². The number of nitrogens with zero attached hydrogens (tertiary/aromatic N) is 2. The smallest absolute Gasteiger partial charge is 0.227 e. The third kappa shape index (κ3) is 1.12. The van der Waals surface area contributed by atoms with Crippen LogP contribution in [0.1, 0.15) is 21.0 Å². The van der Waals surface area contributed by atoms with Crippen LogP contribution in [0.5, 0.6) is 0 Å². The fraction of sp³-hybridized carbons (Fsp3) is 0. The minimum Gasteiger partial charge on any atom is -0.286 e. The maximum atomic E-state index is 11.3. The van der Waals surface area contributed by atoms with E-state index in [1.54, 1.807) is 0 Å². The van der Waals surface area contributed by atoms with Crippen LogP contribution in [-0.2, 0) is 0 Å². The van der Waals surface area contributed by atoms with E-state index in [0.717, 1.165) is 11.7 Å². The first kappa shape index (κ1) is 8.80. The second-order valence-corrected chi connectivity index (χ2v) is 3.53. The van der Waals surface area contributed by atoms with E-state index in [1.807, 2.05) is 0 Å². The number of hydrogen-bond donors (Lipinski definition) is 0. The van der Waals surface area contributed by atoms with Gasteiger partial charge in [0.25, 0.3) is 0 Å². The van der Waals surface area contributed by atoms with Gasteiger partial charge in [0.15, 0.2) is 11.4 Å². The molecule has 0 bridgehead atoms. The lowest BCUT2D eigenvalue weighted by atomic mass is 10.1. The van der Waals surface area contributed by atoms with Crippen molar-refractivity contribution >= 4 is 46.5 Å². The molecule has 0 fully saturated rings. The Hall–Kier alpha value is -0.780. The molecule has 7 heteroatoms. The quantitative estimate of drug-likeness (QED) is 0.685. The van der Waals surface area contributed by atoms with Crippen molar-refractivity contribution in [2.45, 2.75) is 0 Å². The standard InChI is InChI=1S/C6Cl2N2O2S/c7-1-2(8)6(12)4-3(5(1)11)9-13-10-4. The summed E-state index contributed by atoms with van der Waals surface area (Å²) in [7, 11) is 0. The van der Waals surface area contributed by atoms with Gasteiger partial charge >= 0.3 is 0 Å². The zero-order valence-corrected chi connectivity index (χ0v) is 8.20. The molecule has 1 aliphatic rings. The molecule has 2 rings (SSSR count). The topological polar surface area (TPSA) is 59.9 Å². The second-order valence-electron chi connectivity index (χ2n) is 2.25. The summed E-state index contributed by atoms with van der Waals surface area (Å²) < 4.78 is 7.31. The molecular weight excluding hydrogens is 235 g/mol.